The fourth-order valence-electron chi connectivity index (χ4n) is 6.23. The topological polar surface area (TPSA) is 22.4 Å². The fraction of sp³-hybridized carbons (Fsp3) is 0.125. The third-order valence-electron chi connectivity index (χ3n) is 7.90. The van der Waals surface area contributed by atoms with Crippen molar-refractivity contribution < 1.29 is 9.15 Å². The van der Waals surface area contributed by atoms with Crippen molar-refractivity contribution in [3.8, 4) is 22.6 Å². The lowest BCUT2D eigenvalue weighted by atomic mass is 9.32. The highest BCUT2D eigenvalue weighted by atomic mass is 16.5. The molecule has 8 rings (SSSR count). The van der Waals surface area contributed by atoms with Gasteiger partial charge in [0.05, 0.1) is 0 Å². The summed E-state index contributed by atoms with van der Waals surface area (Å²) in [7, 11) is 0. The molecular formula is C32H23BO2. The van der Waals surface area contributed by atoms with Crippen molar-refractivity contribution in [3.63, 3.8) is 0 Å². The molecule has 0 amide bonds. The summed E-state index contributed by atoms with van der Waals surface area (Å²) in [6, 6.07) is 30.6. The smallest absolute Gasteiger partial charge is 0.252 e. The van der Waals surface area contributed by atoms with Crippen LogP contribution in [0.1, 0.15) is 26.3 Å². The summed E-state index contributed by atoms with van der Waals surface area (Å²) in [4.78, 5) is 0. The molecule has 0 radical (unpaired) electrons. The average Bonchev–Trinajstić information content (AvgIpc) is 3.24. The molecule has 2 nitrogen and oxygen atoms in total. The molecule has 0 fully saturated rings. The first-order valence-electron chi connectivity index (χ1n) is 12.3. The van der Waals surface area contributed by atoms with Gasteiger partial charge in [-0.3, -0.25) is 0 Å². The molecule has 5 aromatic carbocycles. The second kappa shape index (κ2) is 6.37. The van der Waals surface area contributed by atoms with Gasteiger partial charge < -0.3 is 9.15 Å². The minimum atomic E-state index is 0.0633. The Morgan fingerprint density at radius 1 is 0.657 bits per heavy atom. The van der Waals surface area contributed by atoms with Crippen molar-refractivity contribution in [3.05, 3.63) is 90.5 Å². The van der Waals surface area contributed by atoms with Gasteiger partial charge in [0, 0.05) is 16.2 Å². The van der Waals surface area contributed by atoms with Crippen LogP contribution in [0.4, 0.5) is 0 Å². The molecule has 0 aliphatic carbocycles. The van der Waals surface area contributed by atoms with E-state index in [4.69, 9.17) is 9.15 Å². The lowest BCUT2D eigenvalue weighted by Crippen LogP contribution is -2.57. The number of rotatable bonds is 0. The molecule has 0 saturated heterocycles. The summed E-state index contributed by atoms with van der Waals surface area (Å²) >= 11 is 0. The number of benzene rings is 5. The molecule has 3 heteroatoms. The standard InChI is InChI=1S/C32H23BO2/c1-32(2,3)18-14-15-27-25(16-18)33-24-11-6-10-21-29(24)22(20-9-7-13-28(34-27)30(20)33)17-23-19-8-4-5-12-26(19)35-31(21)23/h4-17H,1-3H3. The lowest BCUT2D eigenvalue weighted by molar-refractivity contribution is 0.486. The van der Waals surface area contributed by atoms with E-state index in [0.29, 0.717) is 0 Å². The van der Waals surface area contributed by atoms with Crippen molar-refractivity contribution in [2.24, 2.45) is 0 Å². The summed E-state index contributed by atoms with van der Waals surface area (Å²) in [5.41, 5.74) is 9.68. The van der Waals surface area contributed by atoms with Crippen LogP contribution in [0.5, 0.6) is 11.5 Å². The average molecular weight is 450 g/mol. The van der Waals surface area contributed by atoms with Gasteiger partial charge in [-0.1, -0.05) is 86.9 Å². The summed E-state index contributed by atoms with van der Waals surface area (Å²) < 4.78 is 13.0. The van der Waals surface area contributed by atoms with Gasteiger partial charge in [0.15, 0.2) is 0 Å². The Bertz CT molecular complexity index is 1870. The summed E-state index contributed by atoms with van der Waals surface area (Å²) in [6.45, 7) is 6.94. The Hall–Kier alpha value is -3.98. The van der Waals surface area contributed by atoms with Crippen molar-refractivity contribution in [2.75, 3.05) is 0 Å². The van der Waals surface area contributed by atoms with Gasteiger partial charge in [-0.15, -0.1) is 0 Å². The molecule has 2 aliphatic heterocycles. The maximum Gasteiger partial charge on any atom is 0.252 e. The van der Waals surface area contributed by atoms with Crippen LogP contribution < -0.4 is 21.1 Å². The predicted octanol–water partition coefficient (Wildman–Crippen LogP) is 6.64. The molecule has 0 unspecified atom stereocenters. The van der Waals surface area contributed by atoms with E-state index in [0.717, 1.165) is 28.1 Å². The van der Waals surface area contributed by atoms with Crippen molar-refractivity contribution in [2.45, 2.75) is 26.2 Å². The second-order valence-electron chi connectivity index (χ2n) is 10.9. The number of para-hydroxylation sites is 1. The summed E-state index contributed by atoms with van der Waals surface area (Å²) in [5.74, 6) is 1.92. The number of hydrogen-bond donors (Lipinski definition) is 0. The van der Waals surface area contributed by atoms with Crippen LogP contribution in [0.15, 0.2) is 89.3 Å². The first-order chi connectivity index (χ1) is 17.0. The van der Waals surface area contributed by atoms with Gasteiger partial charge >= 0.3 is 0 Å². The highest BCUT2D eigenvalue weighted by Gasteiger charge is 2.40. The van der Waals surface area contributed by atoms with E-state index in [1.165, 1.54) is 49.2 Å². The van der Waals surface area contributed by atoms with Gasteiger partial charge in [-0.2, -0.15) is 0 Å². The van der Waals surface area contributed by atoms with E-state index in [-0.39, 0.29) is 12.1 Å². The third-order valence-corrected chi connectivity index (χ3v) is 7.90. The molecule has 0 saturated carbocycles. The van der Waals surface area contributed by atoms with Crippen LogP contribution in [-0.2, 0) is 5.41 Å². The minimum Gasteiger partial charge on any atom is -0.458 e. The maximum absolute atomic E-state index is 6.53. The Morgan fingerprint density at radius 3 is 2.37 bits per heavy atom. The third kappa shape index (κ3) is 2.45. The largest absolute Gasteiger partial charge is 0.458 e. The molecular weight excluding hydrogens is 427 g/mol. The quantitative estimate of drug-likeness (QED) is 0.242. The van der Waals surface area contributed by atoms with E-state index in [1.807, 2.05) is 6.07 Å². The monoisotopic (exact) mass is 450 g/mol. The normalized spacial score (nSPS) is 13.7. The first-order valence-corrected chi connectivity index (χ1v) is 12.3. The van der Waals surface area contributed by atoms with Gasteiger partial charge in [-0.25, -0.2) is 0 Å². The summed E-state index contributed by atoms with van der Waals surface area (Å²) in [6.07, 6.45) is 0. The van der Waals surface area contributed by atoms with Gasteiger partial charge in [-0.05, 0) is 62.7 Å². The Balaban J connectivity index is 1.54. The molecule has 0 spiro atoms. The fourth-order valence-corrected chi connectivity index (χ4v) is 6.23. The number of fused-ring (bicyclic) bond motifs is 8. The number of furan rings is 1. The minimum absolute atomic E-state index is 0.0633. The zero-order valence-electron chi connectivity index (χ0n) is 20.0. The van der Waals surface area contributed by atoms with Gasteiger partial charge in [0.2, 0.25) is 0 Å². The van der Waals surface area contributed by atoms with Crippen LogP contribution in [0.2, 0.25) is 0 Å². The first kappa shape index (κ1) is 19.3. The molecule has 6 aromatic rings. The van der Waals surface area contributed by atoms with E-state index in [9.17, 15) is 0 Å². The van der Waals surface area contributed by atoms with E-state index < -0.39 is 0 Å². The predicted molar refractivity (Wildman–Crippen MR) is 147 cm³/mol. The molecule has 1 aromatic heterocycles. The van der Waals surface area contributed by atoms with E-state index in [2.05, 4.69) is 99.6 Å². The Labute approximate surface area is 204 Å². The number of hydrogen-bond acceptors (Lipinski definition) is 2. The molecule has 0 N–H and O–H groups in total. The van der Waals surface area contributed by atoms with Crippen molar-refractivity contribution >= 4 is 55.8 Å². The van der Waals surface area contributed by atoms with Crippen LogP contribution in [0.25, 0.3) is 43.8 Å². The van der Waals surface area contributed by atoms with Crippen LogP contribution >= 0.6 is 0 Å². The highest BCUT2D eigenvalue weighted by molar-refractivity contribution is 7.00. The second-order valence-corrected chi connectivity index (χ2v) is 10.9. The SMILES string of the molecule is CC(C)(C)c1ccc2c(c1)B1c3c(cccc3-c3cc4c5ccccc5oc4c4cccc1c34)O2. The van der Waals surface area contributed by atoms with Crippen molar-refractivity contribution in [1.82, 2.24) is 0 Å². The van der Waals surface area contributed by atoms with Gasteiger partial charge in [0.1, 0.15) is 22.7 Å². The zero-order valence-corrected chi connectivity index (χ0v) is 20.0. The molecule has 2 aliphatic rings. The highest BCUT2D eigenvalue weighted by Crippen LogP contribution is 2.42. The Morgan fingerprint density at radius 2 is 1.49 bits per heavy atom. The molecule has 0 bridgehead atoms. The summed E-state index contributed by atoms with van der Waals surface area (Å²) in [5, 5.41) is 4.81. The zero-order chi connectivity index (χ0) is 23.5. The van der Waals surface area contributed by atoms with Crippen LogP contribution in [0, 0.1) is 0 Å². The number of ether oxygens (including phenoxy) is 1. The maximum atomic E-state index is 6.53. The molecule has 0 atom stereocenters. The van der Waals surface area contributed by atoms with E-state index in [1.54, 1.807) is 0 Å². The van der Waals surface area contributed by atoms with E-state index >= 15 is 0 Å². The molecule has 35 heavy (non-hydrogen) atoms. The van der Waals surface area contributed by atoms with Gasteiger partial charge in [0.25, 0.3) is 6.71 Å². The van der Waals surface area contributed by atoms with Crippen molar-refractivity contribution in [1.29, 1.82) is 0 Å². The molecule has 3 heterocycles. The molecule has 166 valence electrons. The van der Waals surface area contributed by atoms with Crippen LogP contribution in [0.3, 0.4) is 0 Å². The Kier molecular flexibility index (Phi) is 3.52. The lowest BCUT2D eigenvalue weighted by Gasteiger charge is -2.34. The van der Waals surface area contributed by atoms with Crippen LogP contribution in [-0.4, -0.2) is 6.71 Å².